The minimum Gasteiger partial charge on any atom is -0.462 e. The molecule has 0 aliphatic carbocycles. The zero-order valence-corrected chi connectivity index (χ0v) is 23.0. The van der Waals surface area contributed by atoms with Gasteiger partial charge in [0.25, 0.3) is 5.56 Å². The van der Waals surface area contributed by atoms with Gasteiger partial charge in [0.2, 0.25) is 0 Å². The lowest BCUT2D eigenvalue weighted by atomic mass is 9.99. The second kappa shape index (κ2) is 13.6. The van der Waals surface area contributed by atoms with Crippen LogP contribution in [-0.2, 0) is 32.9 Å². The maximum absolute atomic E-state index is 13.8. The predicted molar refractivity (Wildman–Crippen MR) is 133 cm³/mol. The third kappa shape index (κ3) is 8.56. The molecule has 1 saturated heterocycles. The highest BCUT2D eigenvalue weighted by Crippen LogP contribution is 2.42. The van der Waals surface area contributed by atoms with Gasteiger partial charge in [0.1, 0.15) is 18.2 Å². The van der Waals surface area contributed by atoms with E-state index in [4.69, 9.17) is 18.7 Å². The van der Waals surface area contributed by atoms with E-state index in [9.17, 15) is 34.0 Å². The Morgan fingerprint density at radius 3 is 2.05 bits per heavy atom. The first kappa shape index (κ1) is 31.8. The van der Waals surface area contributed by atoms with E-state index in [2.05, 4.69) is 10.2 Å². The largest absolute Gasteiger partial charge is 0.462 e. The summed E-state index contributed by atoms with van der Waals surface area (Å²) in [6, 6.07) is -1.19. The summed E-state index contributed by atoms with van der Waals surface area (Å²) >= 11 is 0. The van der Waals surface area contributed by atoms with E-state index in [-0.39, 0.29) is 0 Å². The number of nitrogens with zero attached hydrogens (tertiary/aromatic N) is 1. The number of ether oxygens (including phenoxy) is 3. The minimum atomic E-state index is -4.20. The van der Waals surface area contributed by atoms with Crippen molar-refractivity contribution in [1.82, 2.24) is 19.7 Å². The lowest BCUT2D eigenvalue weighted by Gasteiger charge is -2.28. The van der Waals surface area contributed by atoms with Crippen LogP contribution in [0.1, 0.15) is 47.8 Å². The van der Waals surface area contributed by atoms with Gasteiger partial charge in [0, 0.05) is 18.2 Å². The summed E-state index contributed by atoms with van der Waals surface area (Å²) < 4.78 is 36.3. The first-order valence-electron chi connectivity index (χ1n) is 12.1. The normalized spacial score (nSPS) is 24.7. The molecule has 216 valence electrons. The van der Waals surface area contributed by atoms with Gasteiger partial charge in [0.05, 0.1) is 31.5 Å². The van der Waals surface area contributed by atoms with Gasteiger partial charge in [-0.15, -0.1) is 0 Å². The second-order valence-corrected chi connectivity index (χ2v) is 11.3. The van der Waals surface area contributed by atoms with Gasteiger partial charge in [-0.25, -0.2) is 15.0 Å². The Kier molecular flexibility index (Phi) is 11.4. The SMILES string of the molecule is CC(C)OC(=O)[C@H](C)NP(=O)(N[C@H](C)C(=O)OC(C)C)OC[C@H]1O[C@@H](n2ccc(=O)[nH]c2=O)[C@H](O)[C@@H]1CO. The molecule has 16 heteroatoms. The standard InChI is InChI=1S/C22H37N4O11P/c1-11(2)35-20(30)13(5)24-38(33,25-14(6)21(31)36-12(3)4)34-10-16-15(9-27)18(29)19(37-16)26-8-7-17(28)23-22(26)32/h7-8,11-16,18-19,27,29H,9-10H2,1-6H3,(H,23,28,32)(H2,24,25,33)/t13-,14+,15-,16-,18-,19-,38?/m1/s1. The smallest absolute Gasteiger partial charge is 0.342 e. The number of hydrogen-bond donors (Lipinski definition) is 5. The highest BCUT2D eigenvalue weighted by atomic mass is 31.2. The first-order valence-corrected chi connectivity index (χ1v) is 13.8. The van der Waals surface area contributed by atoms with Crippen LogP contribution in [0.2, 0.25) is 0 Å². The Bertz CT molecular complexity index is 1090. The number of aliphatic hydroxyl groups is 2. The Hall–Kier alpha value is -2.39. The maximum Gasteiger partial charge on any atom is 0.342 e. The molecule has 7 atom stereocenters. The summed E-state index contributed by atoms with van der Waals surface area (Å²) in [6.45, 7) is 8.29. The molecule has 15 nitrogen and oxygen atoms in total. The lowest BCUT2D eigenvalue weighted by Crippen LogP contribution is -2.43. The molecule has 0 aromatic carbocycles. The molecule has 0 bridgehead atoms. The molecule has 1 unspecified atom stereocenters. The molecule has 0 amide bonds. The van der Waals surface area contributed by atoms with Gasteiger partial charge in [-0.1, -0.05) is 0 Å². The van der Waals surface area contributed by atoms with Crippen LogP contribution in [0, 0.1) is 5.92 Å². The number of esters is 2. The number of nitrogens with one attached hydrogen (secondary N) is 3. The van der Waals surface area contributed by atoms with Gasteiger partial charge in [-0.2, -0.15) is 0 Å². The fraction of sp³-hybridized carbons (Fsp3) is 0.727. The molecule has 5 N–H and O–H groups in total. The van der Waals surface area contributed by atoms with E-state index >= 15 is 0 Å². The summed E-state index contributed by atoms with van der Waals surface area (Å²) in [7, 11) is -4.20. The van der Waals surface area contributed by atoms with E-state index in [1.54, 1.807) is 27.7 Å². The van der Waals surface area contributed by atoms with Crippen molar-refractivity contribution in [2.75, 3.05) is 13.2 Å². The fourth-order valence-electron chi connectivity index (χ4n) is 3.61. The highest BCUT2D eigenvalue weighted by Gasteiger charge is 2.46. The summed E-state index contributed by atoms with van der Waals surface area (Å²) in [6.07, 6.45) is -3.50. The number of aromatic nitrogens is 2. The average molecular weight is 565 g/mol. The molecule has 38 heavy (non-hydrogen) atoms. The zero-order valence-electron chi connectivity index (χ0n) is 22.2. The molecular weight excluding hydrogens is 527 g/mol. The van der Waals surface area contributed by atoms with Crippen molar-refractivity contribution in [1.29, 1.82) is 0 Å². The third-order valence-electron chi connectivity index (χ3n) is 5.42. The van der Waals surface area contributed by atoms with E-state index in [0.717, 1.165) is 16.8 Å². The van der Waals surface area contributed by atoms with Crippen molar-refractivity contribution in [2.45, 2.75) is 84.3 Å². The number of aliphatic hydroxyl groups excluding tert-OH is 2. The molecular formula is C22H37N4O11P. The molecule has 1 aliphatic rings. The molecule has 2 heterocycles. The Balaban J connectivity index is 2.24. The maximum atomic E-state index is 13.8. The van der Waals surface area contributed by atoms with Crippen molar-refractivity contribution >= 4 is 19.6 Å². The molecule has 1 aromatic rings. The van der Waals surface area contributed by atoms with Crippen molar-refractivity contribution in [3.63, 3.8) is 0 Å². The molecule has 0 spiro atoms. The summed E-state index contributed by atoms with van der Waals surface area (Å²) in [5.41, 5.74) is -1.49. The Morgan fingerprint density at radius 1 is 1.08 bits per heavy atom. The summed E-state index contributed by atoms with van der Waals surface area (Å²) in [4.78, 5) is 50.3. The van der Waals surface area contributed by atoms with Crippen molar-refractivity contribution < 1.29 is 43.1 Å². The van der Waals surface area contributed by atoms with E-state index in [1.165, 1.54) is 13.8 Å². The summed E-state index contributed by atoms with van der Waals surface area (Å²) in [5.74, 6) is -2.42. The van der Waals surface area contributed by atoms with Crippen LogP contribution < -0.4 is 21.4 Å². The first-order chi connectivity index (χ1) is 17.7. The van der Waals surface area contributed by atoms with Crippen molar-refractivity contribution in [3.05, 3.63) is 33.1 Å². The van der Waals surface area contributed by atoms with Crippen molar-refractivity contribution in [3.8, 4) is 0 Å². The van der Waals surface area contributed by atoms with E-state index < -0.39 is 92.7 Å². The third-order valence-corrected chi connectivity index (χ3v) is 7.38. The van der Waals surface area contributed by atoms with E-state index in [0.29, 0.717) is 0 Å². The topological polar surface area (TPSA) is 208 Å². The van der Waals surface area contributed by atoms with Crippen LogP contribution in [0.5, 0.6) is 0 Å². The quantitative estimate of drug-likeness (QED) is 0.150. The average Bonchev–Trinajstić information content (AvgIpc) is 3.11. The number of carbonyl (C=O) groups excluding carboxylic acids is 2. The fourth-order valence-corrected chi connectivity index (χ4v) is 5.42. The molecule has 0 saturated carbocycles. The number of aromatic amines is 1. The monoisotopic (exact) mass is 564 g/mol. The zero-order chi connectivity index (χ0) is 28.8. The second-order valence-electron chi connectivity index (χ2n) is 9.44. The Labute approximate surface area is 219 Å². The molecule has 2 rings (SSSR count). The number of carbonyl (C=O) groups is 2. The van der Waals surface area contributed by atoms with E-state index in [1.807, 2.05) is 4.98 Å². The van der Waals surface area contributed by atoms with Gasteiger partial charge in [0.15, 0.2) is 6.23 Å². The summed E-state index contributed by atoms with van der Waals surface area (Å²) in [5, 5.41) is 25.6. The number of hydrogen-bond acceptors (Lipinski definition) is 11. The number of H-pyrrole nitrogens is 1. The molecule has 1 fully saturated rings. The van der Waals surface area contributed by atoms with Crippen LogP contribution in [-0.4, -0.2) is 81.4 Å². The number of rotatable bonds is 13. The van der Waals surface area contributed by atoms with Crippen LogP contribution in [0.25, 0.3) is 0 Å². The Morgan fingerprint density at radius 2 is 1.61 bits per heavy atom. The van der Waals surface area contributed by atoms with Crippen LogP contribution in [0.3, 0.4) is 0 Å². The van der Waals surface area contributed by atoms with Crippen LogP contribution in [0.4, 0.5) is 0 Å². The van der Waals surface area contributed by atoms with Crippen LogP contribution in [0.15, 0.2) is 21.9 Å². The van der Waals surface area contributed by atoms with Gasteiger partial charge in [-0.3, -0.25) is 28.5 Å². The molecule has 0 radical (unpaired) electrons. The van der Waals surface area contributed by atoms with Gasteiger partial charge < -0.3 is 28.9 Å². The lowest BCUT2D eigenvalue weighted by molar-refractivity contribution is -0.149. The van der Waals surface area contributed by atoms with Crippen molar-refractivity contribution in [2.24, 2.45) is 5.92 Å². The van der Waals surface area contributed by atoms with Crippen LogP contribution >= 0.6 is 7.67 Å². The molecule has 1 aliphatic heterocycles. The van der Waals surface area contributed by atoms with Gasteiger partial charge in [-0.05, 0) is 41.5 Å². The predicted octanol–water partition coefficient (Wildman–Crippen LogP) is -0.612. The van der Waals surface area contributed by atoms with Gasteiger partial charge >= 0.3 is 25.3 Å². The minimum absolute atomic E-state index is 0.438. The molecule has 1 aromatic heterocycles. The highest BCUT2D eigenvalue weighted by molar-refractivity contribution is 7.54.